The topological polar surface area (TPSA) is 58.6 Å². The number of aromatic nitrogens is 2. The number of rotatable bonds is 4. The van der Waals surface area contributed by atoms with Gasteiger partial charge in [-0.25, -0.2) is 9.97 Å². The summed E-state index contributed by atoms with van der Waals surface area (Å²) >= 11 is 0. The van der Waals surface area contributed by atoms with Crippen LogP contribution in [0.1, 0.15) is 38.5 Å². The molecule has 5 rings (SSSR count). The van der Waals surface area contributed by atoms with Crippen molar-refractivity contribution < 1.29 is 9.53 Å². The molecule has 0 spiro atoms. The van der Waals surface area contributed by atoms with Gasteiger partial charge in [-0.15, -0.1) is 0 Å². The fraction of sp³-hybridized carbons (Fsp3) is 0.571. The Hall–Kier alpha value is -2.37. The minimum Gasteiger partial charge on any atom is -0.474 e. The maximum atomic E-state index is 12.3. The van der Waals surface area contributed by atoms with Crippen LogP contribution in [-0.4, -0.2) is 53.1 Å². The van der Waals surface area contributed by atoms with Crippen molar-refractivity contribution in [2.24, 2.45) is 5.92 Å². The number of hydrogen-bond donors (Lipinski definition) is 0. The summed E-state index contributed by atoms with van der Waals surface area (Å²) in [4.78, 5) is 25.5. The molecule has 1 aromatic heterocycles. The number of carbonyl (C=O) groups excluding carboxylic acids is 1. The largest absolute Gasteiger partial charge is 0.474 e. The minimum atomic E-state index is 0.281. The molecule has 3 aliphatic rings. The molecule has 3 fully saturated rings. The van der Waals surface area contributed by atoms with E-state index in [1.807, 2.05) is 4.90 Å². The van der Waals surface area contributed by atoms with Crippen LogP contribution < -0.4 is 9.64 Å². The van der Waals surface area contributed by atoms with E-state index in [1.54, 1.807) is 6.33 Å². The van der Waals surface area contributed by atoms with Crippen molar-refractivity contribution >= 4 is 22.5 Å². The van der Waals surface area contributed by atoms with Gasteiger partial charge in [-0.05, 0) is 56.7 Å². The second-order valence-electron chi connectivity index (χ2n) is 7.99. The Morgan fingerprint density at radius 2 is 1.78 bits per heavy atom. The number of amides is 1. The van der Waals surface area contributed by atoms with Gasteiger partial charge in [0.1, 0.15) is 12.4 Å². The van der Waals surface area contributed by atoms with Crippen LogP contribution in [0, 0.1) is 5.92 Å². The number of hydrogen-bond acceptors (Lipinski definition) is 5. The predicted molar refractivity (Wildman–Crippen MR) is 104 cm³/mol. The number of benzene rings is 1. The molecule has 2 saturated carbocycles. The molecule has 1 aromatic carbocycles. The van der Waals surface area contributed by atoms with Gasteiger partial charge in [0.25, 0.3) is 0 Å². The van der Waals surface area contributed by atoms with Crippen molar-refractivity contribution in [3.05, 3.63) is 24.5 Å². The predicted octanol–water partition coefficient (Wildman–Crippen LogP) is 3.01. The Morgan fingerprint density at radius 1 is 1.00 bits per heavy atom. The van der Waals surface area contributed by atoms with Crippen molar-refractivity contribution in [1.82, 2.24) is 14.9 Å². The van der Waals surface area contributed by atoms with Gasteiger partial charge in [-0.1, -0.05) is 0 Å². The van der Waals surface area contributed by atoms with Crippen LogP contribution in [0.2, 0.25) is 0 Å². The molecule has 0 atom stereocenters. The summed E-state index contributed by atoms with van der Waals surface area (Å²) in [6, 6.07) is 6.32. The highest BCUT2D eigenvalue weighted by Gasteiger charge is 2.34. The van der Waals surface area contributed by atoms with Gasteiger partial charge in [0.05, 0.1) is 10.9 Å². The molecule has 2 aromatic rings. The lowest BCUT2D eigenvalue weighted by molar-refractivity contribution is -0.132. The van der Waals surface area contributed by atoms with E-state index in [1.165, 1.54) is 12.8 Å². The van der Waals surface area contributed by atoms with Gasteiger partial charge >= 0.3 is 0 Å². The highest BCUT2D eigenvalue weighted by molar-refractivity contribution is 5.87. The zero-order valence-corrected chi connectivity index (χ0v) is 15.6. The summed E-state index contributed by atoms with van der Waals surface area (Å²) in [5, 5.41) is 0.985. The third-order valence-corrected chi connectivity index (χ3v) is 6.05. The first-order valence-corrected chi connectivity index (χ1v) is 10.2. The average Bonchev–Trinajstić information content (AvgIpc) is 3.44. The van der Waals surface area contributed by atoms with Gasteiger partial charge < -0.3 is 14.5 Å². The molecular formula is C21H26N4O2. The monoisotopic (exact) mass is 366 g/mol. The lowest BCUT2D eigenvalue weighted by Gasteiger charge is -2.36. The maximum absolute atomic E-state index is 12.3. The quantitative estimate of drug-likeness (QED) is 0.832. The highest BCUT2D eigenvalue weighted by Crippen LogP contribution is 2.33. The van der Waals surface area contributed by atoms with Crippen LogP contribution in [0.4, 0.5) is 5.69 Å². The molecule has 2 heterocycles. The number of piperazine rings is 1. The van der Waals surface area contributed by atoms with E-state index in [0.717, 1.165) is 68.5 Å². The van der Waals surface area contributed by atoms with E-state index in [9.17, 15) is 4.79 Å². The minimum absolute atomic E-state index is 0.281. The van der Waals surface area contributed by atoms with Crippen molar-refractivity contribution in [3.8, 4) is 5.88 Å². The van der Waals surface area contributed by atoms with E-state index in [-0.39, 0.29) is 6.10 Å². The van der Waals surface area contributed by atoms with Crippen molar-refractivity contribution in [1.29, 1.82) is 0 Å². The second-order valence-corrected chi connectivity index (χ2v) is 7.99. The first kappa shape index (κ1) is 16.8. The summed E-state index contributed by atoms with van der Waals surface area (Å²) in [5.41, 5.74) is 2.08. The molecule has 0 unspecified atom stereocenters. The lowest BCUT2D eigenvalue weighted by Crippen LogP contribution is -2.49. The summed E-state index contributed by atoms with van der Waals surface area (Å²) in [7, 11) is 0. The van der Waals surface area contributed by atoms with E-state index in [4.69, 9.17) is 4.74 Å². The van der Waals surface area contributed by atoms with Crippen LogP contribution >= 0.6 is 0 Å². The van der Waals surface area contributed by atoms with E-state index < -0.39 is 0 Å². The Labute approximate surface area is 159 Å². The lowest BCUT2D eigenvalue weighted by atomic mass is 10.1. The number of ether oxygens (including phenoxy) is 1. The van der Waals surface area contributed by atoms with Crippen molar-refractivity contribution in [2.45, 2.75) is 44.6 Å². The molecule has 6 heteroatoms. The fourth-order valence-electron chi connectivity index (χ4n) is 4.25. The van der Waals surface area contributed by atoms with Crippen LogP contribution in [0.25, 0.3) is 10.9 Å². The summed E-state index contributed by atoms with van der Waals surface area (Å²) in [6.45, 7) is 3.36. The third-order valence-electron chi connectivity index (χ3n) is 6.05. The van der Waals surface area contributed by atoms with Crippen LogP contribution in [0.5, 0.6) is 5.88 Å². The van der Waals surface area contributed by atoms with E-state index >= 15 is 0 Å². The highest BCUT2D eigenvalue weighted by atomic mass is 16.5. The molecule has 142 valence electrons. The Balaban J connectivity index is 1.33. The molecule has 27 heavy (non-hydrogen) atoms. The SMILES string of the molecule is O=C(C1CC1)N1CCN(c2ccc3ncnc(OC4CCCC4)c3c2)CC1. The molecule has 6 nitrogen and oxygen atoms in total. The zero-order valence-electron chi connectivity index (χ0n) is 15.6. The van der Waals surface area contributed by atoms with Crippen LogP contribution in [0.15, 0.2) is 24.5 Å². The normalized spacial score (nSPS) is 21.0. The second kappa shape index (κ2) is 6.98. The Morgan fingerprint density at radius 3 is 2.52 bits per heavy atom. The Bertz CT molecular complexity index is 837. The molecule has 0 radical (unpaired) electrons. The number of carbonyl (C=O) groups is 1. The molecule has 0 bridgehead atoms. The molecular weight excluding hydrogens is 340 g/mol. The first-order chi connectivity index (χ1) is 13.3. The zero-order chi connectivity index (χ0) is 18.2. The maximum Gasteiger partial charge on any atom is 0.225 e. The van der Waals surface area contributed by atoms with E-state index in [2.05, 4.69) is 33.1 Å². The molecule has 1 aliphatic heterocycles. The number of anilines is 1. The van der Waals surface area contributed by atoms with E-state index in [0.29, 0.717) is 17.7 Å². The Kier molecular flexibility index (Phi) is 4.34. The molecule has 1 saturated heterocycles. The summed E-state index contributed by atoms with van der Waals surface area (Å²) < 4.78 is 6.19. The molecule has 1 amide bonds. The summed E-state index contributed by atoms with van der Waals surface area (Å²) in [5.74, 6) is 1.37. The summed E-state index contributed by atoms with van der Waals surface area (Å²) in [6.07, 6.45) is 8.73. The molecule has 0 N–H and O–H groups in total. The third kappa shape index (κ3) is 3.45. The van der Waals surface area contributed by atoms with Crippen LogP contribution in [-0.2, 0) is 4.79 Å². The fourth-order valence-corrected chi connectivity index (χ4v) is 4.25. The van der Waals surface area contributed by atoms with Gasteiger partial charge in [-0.2, -0.15) is 0 Å². The number of nitrogens with zero attached hydrogens (tertiary/aromatic N) is 4. The standard InChI is InChI=1S/C21H26N4O2/c26-21(15-5-6-15)25-11-9-24(10-12-25)16-7-8-19-18(13-16)20(23-14-22-19)27-17-3-1-2-4-17/h7-8,13-15,17H,1-6,9-12H2. The van der Waals surface area contributed by atoms with Gasteiger partial charge in [-0.3, -0.25) is 4.79 Å². The van der Waals surface area contributed by atoms with Gasteiger partial charge in [0, 0.05) is 37.8 Å². The van der Waals surface area contributed by atoms with Gasteiger partial charge in [0.2, 0.25) is 11.8 Å². The van der Waals surface area contributed by atoms with Crippen molar-refractivity contribution in [2.75, 3.05) is 31.1 Å². The van der Waals surface area contributed by atoms with Crippen molar-refractivity contribution in [3.63, 3.8) is 0 Å². The smallest absolute Gasteiger partial charge is 0.225 e. The van der Waals surface area contributed by atoms with Crippen LogP contribution in [0.3, 0.4) is 0 Å². The van der Waals surface area contributed by atoms with Gasteiger partial charge in [0.15, 0.2) is 0 Å². The first-order valence-electron chi connectivity index (χ1n) is 10.2. The molecule has 2 aliphatic carbocycles. The number of fused-ring (bicyclic) bond motifs is 1. The average molecular weight is 366 g/mol.